The molecule has 1 N–H and O–H groups in total. The summed E-state index contributed by atoms with van der Waals surface area (Å²) < 4.78 is 11.6. The zero-order valence-electron chi connectivity index (χ0n) is 19.5. The van der Waals surface area contributed by atoms with Crippen LogP contribution < -0.4 is 9.47 Å². The Hall–Kier alpha value is -4.24. The lowest BCUT2D eigenvalue weighted by Crippen LogP contribution is -2.35. The summed E-state index contributed by atoms with van der Waals surface area (Å²) in [6, 6.07) is 19.0. The van der Waals surface area contributed by atoms with Crippen LogP contribution in [0.1, 0.15) is 23.1 Å². The lowest BCUT2D eigenvalue weighted by molar-refractivity contribution is -0.114. The summed E-state index contributed by atoms with van der Waals surface area (Å²) in [5.74, 6) is 1.14. The number of hydrogen-bond acceptors (Lipinski definition) is 7. The number of rotatable bonds is 8. The summed E-state index contributed by atoms with van der Waals surface area (Å²) in [5.41, 5.74) is 2.86. The van der Waals surface area contributed by atoms with Crippen LogP contribution in [-0.2, 0) is 4.79 Å². The van der Waals surface area contributed by atoms with Gasteiger partial charge in [0.25, 0.3) is 5.91 Å². The second-order valence-electron chi connectivity index (χ2n) is 8.05. The first-order valence-electron chi connectivity index (χ1n) is 11.4. The molecule has 0 saturated carbocycles. The van der Waals surface area contributed by atoms with E-state index in [0.717, 1.165) is 34.6 Å². The summed E-state index contributed by atoms with van der Waals surface area (Å²) in [6.07, 6.45) is 5.76. The maximum Gasteiger partial charge on any atom is 0.283 e. The topological polar surface area (TPSA) is 100 Å². The molecule has 0 radical (unpaired) electrons. The van der Waals surface area contributed by atoms with Crippen molar-refractivity contribution in [2.24, 2.45) is 10.1 Å². The van der Waals surface area contributed by atoms with Crippen LogP contribution in [0, 0.1) is 12.3 Å². The predicted octanol–water partition coefficient (Wildman–Crippen LogP) is 4.91. The third-order valence-corrected chi connectivity index (χ3v) is 6.42. The molecule has 0 atom stereocenters. The number of para-hydroxylation sites is 1. The maximum absolute atomic E-state index is 12.7. The SMILES string of the molecule is Cc1ccccc1OCCCOc1ccc(/C=C2\C(=N)N3N=C(c4cccnc4)SC3=NC2=O)cc1. The zero-order chi connectivity index (χ0) is 24.9. The number of amidine groups is 2. The number of amides is 1. The highest BCUT2D eigenvalue weighted by Gasteiger charge is 2.36. The van der Waals surface area contributed by atoms with E-state index in [1.165, 1.54) is 16.8 Å². The molecule has 2 aromatic carbocycles. The molecule has 0 aliphatic carbocycles. The van der Waals surface area contributed by atoms with Crippen LogP contribution in [0.5, 0.6) is 11.5 Å². The van der Waals surface area contributed by atoms with E-state index in [2.05, 4.69) is 15.1 Å². The van der Waals surface area contributed by atoms with E-state index in [1.807, 2.05) is 67.6 Å². The molecule has 0 saturated heterocycles. The van der Waals surface area contributed by atoms with Gasteiger partial charge in [0.2, 0.25) is 5.17 Å². The first-order chi connectivity index (χ1) is 17.6. The van der Waals surface area contributed by atoms with Crippen molar-refractivity contribution in [1.82, 2.24) is 9.99 Å². The number of benzene rings is 2. The Morgan fingerprint density at radius 1 is 1.03 bits per heavy atom. The number of thioether (sulfide) groups is 1. The zero-order valence-corrected chi connectivity index (χ0v) is 20.4. The summed E-state index contributed by atoms with van der Waals surface area (Å²) >= 11 is 1.25. The van der Waals surface area contributed by atoms with Crippen LogP contribution in [0.15, 0.2) is 88.7 Å². The van der Waals surface area contributed by atoms with Gasteiger partial charge in [-0.15, -0.1) is 0 Å². The molecule has 0 fully saturated rings. The molecule has 9 heteroatoms. The summed E-state index contributed by atoms with van der Waals surface area (Å²) in [5, 5.41) is 15.4. The molecule has 1 amide bonds. The van der Waals surface area contributed by atoms with Crippen LogP contribution in [0.25, 0.3) is 6.08 Å². The van der Waals surface area contributed by atoms with Gasteiger partial charge in [-0.25, -0.2) is 0 Å². The van der Waals surface area contributed by atoms with E-state index < -0.39 is 5.91 Å². The number of nitrogens with one attached hydrogen (secondary N) is 1. The number of hydrazone groups is 1. The van der Waals surface area contributed by atoms with Crippen LogP contribution >= 0.6 is 11.8 Å². The number of ether oxygens (including phenoxy) is 2. The largest absolute Gasteiger partial charge is 0.493 e. The Morgan fingerprint density at radius 3 is 2.61 bits per heavy atom. The fourth-order valence-corrected chi connectivity index (χ4v) is 4.46. The van der Waals surface area contributed by atoms with Crippen LogP contribution in [0.4, 0.5) is 0 Å². The standard InChI is InChI=1S/C27H23N5O3S/c1-18-6-2-3-8-23(18)35-15-5-14-34-21-11-9-19(10-12-21)16-22-24(28)32-27(30-25(22)33)36-26(31-32)20-7-4-13-29-17-20/h2-4,6-13,16-17,28H,5,14-15H2,1H3/b22-16+,28-24?. The predicted molar refractivity (Wildman–Crippen MR) is 142 cm³/mol. The molecule has 3 heterocycles. The average Bonchev–Trinajstić information content (AvgIpc) is 3.33. The first-order valence-corrected chi connectivity index (χ1v) is 12.2. The highest BCUT2D eigenvalue weighted by molar-refractivity contribution is 8.27. The number of pyridine rings is 1. The molecule has 5 rings (SSSR count). The monoisotopic (exact) mass is 497 g/mol. The van der Waals surface area contributed by atoms with Crippen molar-refractivity contribution < 1.29 is 14.3 Å². The molecular weight excluding hydrogens is 474 g/mol. The van der Waals surface area contributed by atoms with Crippen LogP contribution in [0.2, 0.25) is 0 Å². The van der Waals surface area contributed by atoms with Gasteiger partial charge < -0.3 is 9.47 Å². The second-order valence-corrected chi connectivity index (χ2v) is 9.01. The van der Waals surface area contributed by atoms with Crippen LogP contribution in [-0.4, -0.2) is 45.2 Å². The van der Waals surface area contributed by atoms with Gasteiger partial charge in [-0.05, 0) is 66.2 Å². The highest BCUT2D eigenvalue weighted by Crippen LogP contribution is 2.30. The molecule has 0 spiro atoms. The van der Waals surface area contributed by atoms with Gasteiger partial charge in [-0.3, -0.25) is 15.2 Å². The number of nitrogens with zero attached hydrogens (tertiary/aromatic N) is 4. The Kier molecular flexibility index (Phi) is 6.90. The van der Waals surface area contributed by atoms with Gasteiger partial charge >= 0.3 is 0 Å². The van der Waals surface area contributed by atoms with Crippen molar-refractivity contribution in [1.29, 1.82) is 5.41 Å². The number of carbonyl (C=O) groups is 1. The van der Waals surface area contributed by atoms with E-state index in [9.17, 15) is 4.79 Å². The number of fused-ring (bicyclic) bond motifs is 1. The Bertz CT molecular complexity index is 1380. The van der Waals surface area contributed by atoms with Gasteiger partial charge in [0, 0.05) is 24.4 Å². The van der Waals surface area contributed by atoms with E-state index in [0.29, 0.717) is 23.4 Å². The molecule has 8 nitrogen and oxygen atoms in total. The second kappa shape index (κ2) is 10.6. The molecule has 2 aliphatic heterocycles. The summed E-state index contributed by atoms with van der Waals surface area (Å²) in [4.78, 5) is 20.9. The molecule has 3 aromatic rings. The maximum atomic E-state index is 12.7. The lowest BCUT2D eigenvalue weighted by Gasteiger charge is -2.20. The van der Waals surface area contributed by atoms with E-state index in [4.69, 9.17) is 14.9 Å². The summed E-state index contributed by atoms with van der Waals surface area (Å²) in [6.45, 7) is 3.12. The fourth-order valence-electron chi connectivity index (χ4n) is 3.57. The molecule has 0 bridgehead atoms. The molecule has 1 aromatic heterocycles. The minimum absolute atomic E-state index is 0.00892. The molecular formula is C27H23N5O3S. The van der Waals surface area contributed by atoms with Crippen molar-refractivity contribution in [2.75, 3.05) is 13.2 Å². The number of aromatic nitrogens is 1. The number of aliphatic imine (C=N–C) groups is 1. The van der Waals surface area contributed by atoms with Gasteiger partial charge in [0.1, 0.15) is 16.5 Å². The third kappa shape index (κ3) is 5.21. The van der Waals surface area contributed by atoms with Gasteiger partial charge in [0.15, 0.2) is 5.84 Å². The molecule has 36 heavy (non-hydrogen) atoms. The third-order valence-electron chi connectivity index (χ3n) is 5.46. The van der Waals surface area contributed by atoms with Gasteiger partial charge in [-0.1, -0.05) is 30.3 Å². The Morgan fingerprint density at radius 2 is 1.83 bits per heavy atom. The molecule has 180 valence electrons. The fraction of sp³-hybridized carbons (Fsp3) is 0.148. The van der Waals surface area contributed by atoms with E-state index in [1.54, 1.807) is 18.5 Å². The van der Waals surface area contributed by atoms with Crippen molar-refractivity contribution in [3.8, 4) is 11.5 Å². The molecule has 0 unspecified atom stereocenters. The van der Waals surface area contributed by atoms with Crippen LogP contribution in [0.3, 0.4) is 0 Å². The van der Waals surface area contributed by atoms with Crippen molar-refractivity contribution in [3.05, 3.63) is 95.3 Å². The minimum atomic E-state index is -0.463. The first kappa shape index (κ1) is 23.5. The van der Waals surface area contributed by atoms with Gasteiger partial charge in [-0.2, -0.15) is 15.1 Å². The van der Waals surface area contributed by atoms with Gasteiger partial charge in [0.05, 0.1) is 18.8 Å². The molecule has 2 aliphatic rings. The normalized spacial score (nSPS) is 16.0. The Labute approximate surface area is 212 Å². The van der Waals surface area contributed by atoms with E-state index in [-0.39, 0.29) is 11.4 Å². The minimum Gasteiger partial charge on any atom is -0.493 e. The van der Waals surface area contributed by atoms with Crippen molar-refractivity contribution in [3.63, 3.8) is 0 Å². The van der Waals surface area contributed by atoms with Crippen molar-refractivity contribution in [2.45, 2.75) is 13.3 Å². The lowest BCUT2D eigenvalue weighted by atomic mass is 10.1. The van der Waals surface area contributed by atoms with E-state index >= 15 is 0 Å². The smallest absolute Gasteiger partial charge is 0.283 e. The Balaban J connectivity index is 1.18. The number of carbonyl (C=O) groups excluding carboxylic acids is 1. The summed E-state index contributed by atoms with van der Waals surface area (Å²) in [7, 11) is 0. The number of hydrogen-bond donors (Lipinski definition) is 1. The average molecular weight is 498 g/mol. The quantitative estimate of drug-likeness (QED) is 0.351. The van der Waals surface area contributed by atoms with Crippen molar-refractivity contribution >= 4 is 39.8 Å². The number of aryl methyl sites for hydroxylation is 1. The highest BCUT2D eigenvalue weighted by atomic mass is 32.2.